The summed E-state index contributed by atoms with van der Waals surface area (Å²) in [5, 5.41) is 7.53. The summed E-state index contributed by atoms with van der Waals surface area (Å²) in [7, 11) is 0. The molecular weight excluding hydrogens is 369 g/mol. The molecule has 0 radical (unpaired) electrons. The average molecular weight is 389 g/mol. The van der Waals surface area contributed by atoms with E-state index >= 15 is 0 Å². The molecule has 0 bridgehead atoms. The molecule has 27 heavy (non-hydrogen) atoms. The number of nitrogens with zero attached hydrogens (tertiary/aromatic N) is 3. The number of pyridine rings is 1. The first-order valence-electron chi connectivity index (χ1n) is 8.36. The van der Waals surface area contributed by atoms with Gasteiger partial charge >= 0.3 is 6.18 Å². The van der Waals surface area contributed by atoms with Crippen LogP contribution in [0.5, 0.6) is 0 Å². The SMILES string of the molecule is CCCc1nnc2c(C(F)(F)F)c(C(C)O/C(C)=C(F)/C=C(\C)F)ccn12. The Hall–Kier alpha value is -2.45. The molecule has 0 aliphatic heterocycles. The summed E-state index contributed by atoms with van der Waals surface area (Å²) in [6, 6.07) is 1.25. The smallest absolute Gasteiger partial charge is 0.420 e. The molecular formula is C18H20F5N3O. The molecule has 0 saturated carbocycles. The average Bonchev–Trinajstić information content (AvgIpc) is 2.95. The van der Waals surface area contributed by atoms with E-state index in [1.165, 1.54) is 30.5 Å². The molecule has 0 aromatic carbocycles. The van der Waals surface area contributed by atoms with Gasteiger partial charge < -0.3 is 4.74 Å². The second-order valence-electron chi connectivity index (χ2n) is 6.10. The second-order valence-corrected chi connectivity index (χ2v) is 6.10. The molecule has 4 nitrogen and oxygen atoms in total. The van der Waals surface area contributed by atoms with Crippen molar-refractivity contribution in [2.45, 2.75) is 52.8 Å². The van der Waals surface area contributed by atoms with Crippen molar-refractivity contribution < 1.29 is 26.7 Å². The summed E-state index contributed by atoms with van der Waals surface area (Å²) in [5.74, 6) is -1.68. The molecule has 0 spiro atoms. The lowest BCUT2D eigenvalue weighted by molar-refractivity contribution is -0.138. The van der Waals surface area contributed by atoms with Gasteiger partial charge in [0.05, 0.1) is 5.83 Å². The van der Waals surface area contributed by atoms with Crippen LogP contribution in [0.2, 0.25) is 0 Å². The second kappa shape index (κ2) is 8.06. The van der Waals surface area contributed by atoms with Crippen molar-refractivity contribution in [3.8, 4) is 0 Å². The van der Waals surface area contributed by atoms with Gasteiger partial charge in [0.2, 0.25) is 0 Å². The number of aryl methyl sites for hydroxylation is 1. The third kappa shape index (κ3) is 4.64. The molecule has 0 saturated heterocycles. The van der Waals surface area contributed by atoms with Gasteiger partial charge in [-0.05, 0) is 33.3 Å². The fourth-order valence-electron chi connectivity index (χ4n) is 2.70. The first-order valence-corrected chi connectivity index (χ1v) is 8.36. The van der Waals surface area contributed by atoms with Crippen LogP contribution in [0.3, 0.4) is 0 Å². The van der Waals surface area contributed by atoms with Crippen LogP contribution in [0.15, 0.2) is 35.8 Å². The Balaban J connectivity index is 2.53. The van der Waals surface area contributed by atoms with Crippen LogP contribution in [0.4, 0.5) is 22.0 Å². The van der Waals surface area contributed by atoms with Crippen molar-refractivity contribution in [3.63, 3.8) is 0 Å². The van der Waals surface area contributed by atoms with Gasteiger partial charge in [0.15, 0.2) is 11.5 Å². The van der Waals surface area contributed by atoms with E-state index < -0.39 is 29.5 Å². The Morgan fingerprint density at radius 3 is 2.48 bits per heavy atom. The number of rotatable bonds is 6. The molecule has 2 rings (SSSR count). The van der Waals surface area contributed by atoms with Crippen molar-refractivity contribution in [2.24, 2.45) is 0 Å². The van der Waals surface area contributed by atoms with E-state index in [9.17, 15) is 22.0 Å². The first-order chi connectivity index (χ1) is 12.6. The van der Waals surface area contributed by atoms with Gasteiger partial charge in [0.25, 0.3) is 0 Å². The highest BCUT2D eigenvalue weighted by molar-refractivity contribution is 5.54. The molecule has 2 heterocycles. The maximum atomic E-state index is 13.8. The number of aromatic nitrogens is 3. The zero-order valence-corrected chi connectivity index (χ0v) is 15.4. The zero-order valence-electron chi connectivity index (χ0n) is 15.4. The van der Waals surface area contributed by atoms with E-state index in [1.807, 2.05) is 6.92 Å². The van der Waals surface area contributed by atoms with Gasteiger partial charge in [-0.1, -0.05) is 6.92 Å². The highest BCUT2D eigenvalue weighted by Crippen LogP contribution is 2.38. The third-order valence-electron chi connectivity index (χ3n) is 3.89. The van der Waals surface area contributed by atoms with Crippen LogP contribution in [-0.2, 0) is 17.3 Å². The third-order valence-corrected chi connectivity index (χ3v) is 3.89. The molecule has 9 heteroatoms. The van der Waals surface area contributed by atoms with E-state index in [0.29, 0.717) is 24.7 Å². The summed E-state index contributed by atoms with van der Waals surface area (Å²) < 4.78 is 74.3. The monoisotopic (exact) mass is 389 g/mol. The molecule has 0 aliphatic rings. The van der Waals surface area contributed by atoms with Gasteiger partial charge in [0, 0.05) is 24.3 Å². The topological polar surface area (TPSA) is 39.4 Å². The molecule has 148 valence electrons. The van der Waals surface area contributed by atoms with Gasteiger partial charge in [0.1, 0.15) is 23.3 Å². The number of hydrogen-bond donors (Lipinski definition) is 0. The first kappa shape index (κ1) is 20.9. The molecule has 0 amide bonds. The largest absolute Gasteiger partial charge is 0.488 e. The quantitative estimate of drug-likeness (QED) is 0.353. The Morgan fingerprint density at radius 1 is 1.26 bits per heavy atom. The number of allylic oxidation sites excluding steroid dienone is 4. The molecule has 2 aromatic rings. The maximum Gasteiger partial charge on any atom is 0.420 e. The van der Waals surface area contributed by atoms with E-state index in [2.05, 4.69) is 10.2 Å². The predicted octanol–water partition coefficient (Wildman–Crippen LogP) is 5.85. The molecule has 0 aliphatic carbocycles. The predicted molar refractivity (Wildman–Crippen MR) is 90.2 cm³/mol. The highest BCUT2D eigenvalue weighted by atomic mass is 19.4. The summed E-state index contributed by atoms with van der Waals surface area (Å²) in [5.41, 5.74) is -1.53. The molecule has 0 N–H and O–H groups in total. The van der Waals surface area contributed by atoms with Gasteiger partial charge in [-0.25, -0.2) is 8.78 Å². The van der Waals surface area contributed by atoms with E-state index in [4.69, 9.17) is 4.74 Å². The normalized spacial score (nSPS) is 15.1. The lowest BCUT2D eigenvalue weighted by Gasteiger charge is -2.20. The maximum absolute atomic E-state index is 13.8. The summed E-state index contributed by atoms with van der Waals surface area (Å²) in [4.78, 5) is 0. The minimum Gasteiger partial charge on any atom is -0.488 e. The Morgan fingerprint density at radius 2 is 1.93 bits per heavy atom. The minimum absolute atomic E-state index is 0.210. The zero-order chi connectivity index (χ0) is 20.4. The van der Waals surface area contributed by atoms with E-state index in [-0.39, 0.29) is 17.0 Å². The summed E-state index contributed by atoms with van der Waals surface area (Å²) in [6.07, 6.45) is -2.63. The minimum atomic E-state index is -4.71. The number of ether oxygens (including phenoxy) is 1. The highest BCUT2D eigenvalue weighted by Gasteiger charge is 2.39. The van der Waals surface area contributed by atoms with Crippen molar-refractivity contribution in [3.05, 3.63) is 52.7 Å². The van der Waals surface area contributed by atoms with Crippen LogP contribution in [0.25, 0.3) is 5.65 Å². The van der Waals surface area contributed by atoms with E-state index in [1.54, 1.807) is 0 Å². The van der Waals surface area contributed by atoms with Gasteiger partial charge in [-0.15, -0.1) is 10.2 Å². The van der Waals surface area contributed by atoms with Crippen LogP contribution in [0.1, 0.15) is 57.2 Å². The van der Waals surface area contributed by atoms with Crippen molar-refractivity contribution >= 4 is 5.65 Å². The summed E-state index contributed by atoms with van der Waals surface area (Å²) >= 11 is 0. The number of hydrogen-bond acceptors (Lipinski definition) is 3. The lowest BCUT2D eigenvalue weighted by atomic mass is 10.0. The number of fused-ring (bicyclic) bond motifs is 1. The molecule has 1 atom stereocenters. The summed E-state index contributed by atoms with van der Waals surface area (Å²) in [6.45, 7) is 5.50. The van der Waals surface area contributed by atoms with Crippen LogP contribution >= 0.6 is 0 Å². The fraction of sp³-hybridized carbons (Fsp3) is 0.444. The van der Waals surface area contributed by atoms with Gasteiger partial charge in [-0.2, -0.15) is 13.2 Å². The fourth-order valence-corrected chi connectivity index (χ4v) is 2.70. The van der Waals surface area contributed by atoms with E-state index in [0.717, 1.165) is 6.92 Å². The van der Waals surface area contributed by atoms with Crippen molar-refractivity contribution in [1.82, 2.24) is 14.6 Å². The van der Waals surface area contributed by atoms with Gasteiger partial charge in [-0.3, -0.25) is 4.40 Å². The molecule has 2 aromatic heterocycles. The number of halogens is 5. The van der Waals surface area contributed by atoms with Crippen molar-refractivity contribution in [1.29, 1.82) is 0 Å². The lowest BCUT2D eigenvalue weighted by Crippen LogP contribution is -2.15. The number of alkyl halides is 3. The Labute approximate surface area is 153 Å². The van der Waals surface area contributed by atoms with Crippen LogP contribution in [-0.4, -0.2) is 14.6 Å². The molecule has 1 unspecified atom stereocenters. The van der Waals surface area contributed by atoms with Crippen molar-refractivity contribution in [2.75, 3.05) is 0 Å². The van der Waals surface area contributed by atoms with Crippen LogP contribution in [0, 0.1) is 0 Å². The Kier molecular flexibility index (Phi) is 6.22. The molecule has 0 fully saturated rings. The standard InChI is InChI=1S/C18H20F5N3O/c1-5-6-15-24-25-17-16(18(21,22)23)13(7-8-26(15)17)11(3)27-12(4)14(20)9-10(2)19/h7-9,11H,5-6H2,1-4H3/b10-9+,14-12-. The Bertz CT molecular complexity index is 879. The van der Waals surface area contributed by atoms with Crippen LogP contribution < -0.4 is 0 Å².